The number of hydrogen-bond acceptors (Lipinski definition) is 6. The molecule has 21 heavy (non-hydrogen) atoms. The van der Waals surface area contributed by atoms with Gasteiger partial charge in [0.05, 0.1) is 24.4 Å². The van der Waals surface area contributed by atoms with Crippen molar-refractivity contribution in [2.24, 2.45) is 0 Å². The summed E-state index contributed by atoms with van der Waals surface area (Å²) < 4.78 is 48.6. The Kier molecular flexibility index (Phi) is 9.17. The van der Waals surface area contributed by atoms with E-state index in [9.17, 15) is 17.9 Å². The first kappa shape index (κ1) is 21.5. The highest BCUT2D eigenvalue weighted by Crippen LogP contribution is 2.51. The molecular formula is C9H21FO8P2S. The van der Waals surface area contributed by atoms with Crippen LogP contribution in [0.25, 0.3) is 0 Å². The second-order valence-corrected chi connectivity index (χ2v) is 8.08. The Morgan fingerprint density at radius 3 is 2.29 bits per heavy atom. The summed E-state index contributed by atoms with van der Waals surface area (Å²) in [5.41, 5.74) is -2.37. The minimum Gasteiger partial charge on any atom is -0.303 e. The molecule has 2 atom stereocenters. The first-order valence-electron chi connectivity index (χ1n) is 6.10. The predicted molar refractivity (Wildman–Crippen MR) is 76.1 cm³/mol. The zero-order valence-corrected chi connectivity index (χ0v) is 14.6. The zero-order valence-electron chi connectivity index (χ0n) is 12.0. The second kappa shape index (κ2) is 8.96. The molecule has 0 heterocycles. The van der Waals surface area contributed by atoms with E-state index in [1.54, 1.807) is 6.92 Å². The van der Waals surface area contributed by atoms with E-state index in [-0.39, 0.29) is 31.6 Å². The maximum absolute atomic E-state index is 12.5. The molecule has 0 spiro atoms. The van der Waals surface area contributed by atoms with Crippen molar-refractivity contribution in [3.63, 3.8) is 0 Å². The lowest BCUT2D eigenvalue weighted by Crippen LogP contribution is -2.26. The molecule has 0 fully saturated rings. The fourth-order valence-electron chi connectivity index (χ4n) is 1.29. The molecule has 0 saturated carbocycles. The van der Waals surface area contributed by atoms with Gasteiger partial charge in [-0.2, -0.15) is 3.89 Å². The van der Waals surface area contributed by atoms with Gasteiger partial charge in [-0.15, -0.1) is 0 Å². The highest BCUT2D eigenvalue weighted by Gasteiger charge is 2.35. The summed E-state index contributed by atoms with van der Waals surface area (Å²) in [7, 11) is -9.12. The molecule has 2 unspecified atom stereocenters. The van der Waals surface area contributed by atoms with Crippen LogP contribution in [0.1, 0.15) is 40.0 Å². The average Bonchev–Trinajstić information content (AvgIpc) is 2.24. The fraction of sp³-hybridized carbons (Fsp3) is 1.00. The van der Waals surface area contributed by atoms with Gasteiger partial charge >= 0.3 is 15.6 Å². The van der Waals surface area contributed by atoms with Gasteiger partial charge < -0.3 is 14.7 Å². The summed E-state index contributed by atoms with van der Waals surface area (Å²) in [5, 5.41) is 0. The molecule has 0 aromatic carbocycles. The van der Waals surface area contributed by atoms with Crippen LogP contribution in [0.5, 0.6) is 0 Å². The lowest BCUT2D eigenvalue weighted by molar-refractivity contribution is 0.0263. The van der Waals surface area contributed by atoms with Gasteiger partial charge in [0.2, 0.25) is 0 Å². The Hall–Kier alpha value is 0.500. The topological polar surface area (TPSA) is 123 Å². The molecule has 0 aliphatic carbocycles. The Labute approximate surface area is 127 Å². The van der Waals surface area contributed by atoms with Gasteiger partial charge in [-0.25, -0.2) is 9.13 Å². The van der Waals surface area contributed by atoms with Crippen molar-refractivity contribution in [2.45, 2.75) is 51.1 Å². The van der Waals surface area contributed by atoms with Crippen molar-refractivity contribution >= 4 is 27.8 Å². The van der Waals surface area contributed by atoms with Crippen LogP contribution >= 0.6 is 27.8 Å². The molecule has 0 aromatic heterocycles. The molecule has 128 valence electrons. The first-order chi connectivity index (χ1) is 9.41. The number of hydrogen-bond donors (Lipinski definition) is 3. The van der Waals surface area contributed by atoms with Gasteiger partial charge in [0.15, 0.2) is 0 Å². The Balaban J connectivity index is 4.46. The normalized spacial score (nSPS) is 17.5. The lowest BCUT2D eigenvalue weighted by atomic mass is 10.1. The smallest absolute Gasteiger partial charge is 0.303 e. The van der Waals surface area contributed by atoms with Crippen LogP contribution in [0.2, 0.25) is 0 Å². The molecular weight excluding hydrogens is 349 g/mol. The maximum atomic E-state index is 12.5. The van der Waals surface area contributed by atoms with Gasteiger partial charge in [-0.05, 0) is 20.3 Å². The van der Waals surface area contributed by atoms with Crippen molar-refractivity contribution in [1.82, 2.24) is 0 Å². The van der Waals surface area contributed by atoms with Crippen LogP contribution in [0, 0.1) is 0 Å². The third-order valence-electron chi connectivity index (χ3n) is 2.20. The standard InChI is InChI=1S/C9H21FO8P2S/c1-4-5-8(21-10)17-20(14,15)18-9(2,3)6-7-16-19(11,12)13/h8H,4-7H2,1-3H3,(H,14,15)(H2,11,12,13). The molecule has 0 rings (SSSR count). The third-order valence-corrected chi connectivity index (χ3v) is 4.64. The van der Waals surface area contributed by atoms with Gasteiger partial charge in [-0.1, -0.05) is 13.3 Å². The lowest BCUT2D eigenvalue weighted by Gasteiger charge is -2.28. The predicted octanol–water partition coefficient (Wildman–Crippen LogP) is 3.14. The van der Waals surface area contributed by atoms with Gasteiger partial charge in [0.1, 0.15) is 5.44 Å². The fourth-order valence-corrected chi connectivity index (χ4v) is 3.56. The van der Waals surface area contributed by atoms with Crippen LogP contribution < -0.4 is 0 Å². The summed E-state index contributed by atoms with van der Waals surface area (Å²) in [6, 6.07) is 0. The van der Waals surface area contributed by atoms with E-state index in [2.05, 4.69) is 4.52 Å². The maximum Gasteiger partial charge on any atom is 0.473 e. The van der Waals surface area contributed by atoms with E-state index in [1.807, 2.05) is 0 Å². The number of phosphoric ester groups is 2. The zero-order chi connectivity index (χ0) is 16.7. The monoisotopic (exact) mass is 370 g/mol. The number of phosphoric acid groups is 2. The number of rotatable bonds is 11. The minimum absolute atomic E-state index is 0.0762. The van der Waals surface area contributed by atoms with Crippen LogP contribution in [0.15, 0.2) is 0 Å². The summed E-state index contributed by atoms with van der Waals surface area (Å²) in [6.45, 7) is 4.21. The van der Waals surface area contributed by atoms with E-state index in [0.29, 0.717) is 6.42 Å². The molecule has 0 saturated heterocycles. The number of halogens is 1. The summed E-state index contributed by atoms with van der Waals surface area (Å²) in [6.07, 6.45) is 0.713. The van der Waals surface area contributed by atoms with Crippen molar-refractivity contribution in [1.29, 1.82) is 0 Å². The molecule has 0 bridgehead atoms. The molecule has 0 aliphatic rings. The highest BCUT2D eigenvalue weighted by molar-refractivity contribution is 7.94. The van der Waals surface area contributed by atoms with Crippen molar-refractivity contribution in [2.75, 3.05) is 6.61 Å². The van der Waals surface area contributed by atoms with E-state index in [0.717, 1.165) is 0 Å². The summed E-state index contributed by atoms with van der Waals surface area (Å²) in [5.74, 6) is 0. The Morgan fingerprint density at radius 2 is 1.86 bits per heavy atom. The largest absolute Gasteiger partial charge is 0.473 e. The van der Waals surface area contributed by atoms with Gasteiger partial charge in [0.25, 0.3) is 0 Å². The summed E-state index contributed by atoms with van der Waals surface area (Å²) in [4.78, 5) is 26.6. The van der Waals surface area contributed by atoms with E-state index < -0.39 is 26.7 Å². The first-order valence-corrected chi connectivity index (χ1v) is 9.91. The van der Waals surface area contributed by atoms with Gasteiger partial charge in [-0.3, -0.25) is 13.6 Å². The molecule has 0 amide bonds. The third kappa shape index (κ3) is 11.7. The van der Waals surface area contributed by atoms with E-state index in [4.69, 9.17) is 18.8 Å². The van der Waals surface area contributed by atoms with Crippen molar-refractivity contribution in [3.05, 3.63) is 0 Å². The van der Waals surface area contributed by atoms with Gasteiger partial charge in [0, 0.05) is 6.42 Å². The molecule has 8 nitrogen and oxygen atoms in total. The quantitative estimate of drug-likeness (QED) is 0.372. The van der Waals surface area contributed by atoms with Crippen LogP contribution in [-0.4, -0.2) is 32.3 Å². The molecule has 3 N–H and O–H groups in total. The Bertz CT molecular complexity index is 401. The minimum atomic E-state index is -4.61. The SMILES string of the molecule is CCCC(OP(=O)(O)OC(C)(C)CCOP(=O)(O)O)SF. The Morgan fingerprint density at radius 1 is 1.29 bits per heavy atom. The molecule has 0 radical (unpaired) electrons. The molecule has 12 heteroatoms. The van der Waals surface area contributed by atoms with Crippen molar-refractivity contribution in [3.8, 4) is 0 Å². The highest BCUT2D eigenvalue weighted by atomic mass is 32.2. The summed E-state index contributed by atoms with van der Waals surface area (Å²) >= 11 is -0.194. The molecule has 0 aromatic rings. The van der Waals surface area contributed by atoms with E-state index >= 15 is 0 Å². The van der Waals surface area contributed by atoms with Crippen LogP contribution in [-0.2, 0) is 22.7 Å². The van der Waals surface area contributed by atoms with Crippen LogP contribution in [0.4, 0.5) is 3.89 Å². The van der Waals surface area contributed by atoms with E-state index in [1.165, 1.54) is 13.8 Å². The second-order valence-electron chi connectivity index (χ2n) is 4.81. The van der Waals surface area contributed by atoms with Crippen molar-refractivity contribution < 1.29 is 41.3 Å². The molecule has 0 aliphatic heterocycles. The van der Waals surface area contributed by atoms with Crippen LogP contribution in [0.3, 0.4) is 0 Å². The average molecular weight is 370 g/mol.